The van der Waals surface area contributed by atoms with Crippen LogP contribution in [0.3, 0.4) is 0 Å². The van der Waals surface area contributed by atoms with Gasteiger partial charge in [0.05, 0.1) is 0 Å². The van der Waals surface area contributed by atoms with Crippen LogP contribution in [0.4, 0.5) is 0 Å². The van der Waals surface area contributed by atoms with Crippen LogP contribution in [0, 0.1) is 5.41 Å². The highest BCUT2D eigenvalue weighted by atomic mass is 32.2. The smallest absolute Gasteiger partial charge is 0.183 e. The zero-order chi connectivity index (χ0) is 10.9. The molecule has 1 fully saturated rings. The number of hydrogen-bond acceptors (Lipinski definition) is 4. The molecule has 0 amide bonds. The van der Waals surface area contributed by atoms with E-state index in [2.05, 4.69) is 29.0 Å². The van der Waals surface area contributed by atoms with Crippen LogP contribution >= 0.6 is 11.8 Å². The summed E-state index contributed by atoms with van der Waals surface area (Å²) >= 11 is 1.73. The Bertz CT molecular complexity index is 309. The molecular weight excluding hydrogens is 208 g/mol. The highest BCUT2D eigenvalue weighted by Gasteiger charge is 2.37. The summed E-state index contributed by atoms with van der Waals surface area (Å²) in [4.78, 5) is 4.13. The molecule has 0 radical (unpaired) electrons. The molecule has 0 aromatic carbocycles. The van der Waals surface area contributed by atoms with Crippen LogP contribution < -0.4 is 5.73 Å². The summed E-state index contributed by atoms with van der Waals surface area (Å²) in [5, 5.41) is 8.07. The first-order valence-electron chi connectivity index (χ1n) is 5.37. The first-order valence-corrected chi connectivity index (χ1v) is 6.25. The molecule has 2 unspecified atom stereocenters. The summed E-state index contributed by atoms with van der Waals surface area (Å²) in [5.74, 6) is 0. The van der Waals surface area contributed by atoms with E-state index in [1.165, 1.54) is 19.3 Å². The maximum absolute atomic E-state index is 6.29. The molecule has 2 rings (SSSR count). The lowest BCUT2D eigenvalue weighted by Gasteiger charge is -2.41. The molecule has 1 aliphatic rings. The molecule has 1 aromatic heterocycles. The van der Waals surface area contributed by atoms with Crippen molar-refractivity contribution in [3.63, 3.8) is 0 Å². The Morgan fingerprint density at radius 1 is 1.60 bits per heavy atom. The summed E-state index contributed by atoms with van der Waals surface area (Å²) in [6, 6.07) is 0.237. The maximum Gasteiger partial charge on any atom is 0.183 e. The predicted molar refractivity (Wildman–Crippen MR) is 61.6 cm³/mol. The second-order valence-corrected chi connectivity index (χ2v) is 6.08. The standard InChI is InChI=1S/C10H18N4S/c1-10(2)5-3-4-7(8(10)11)15-9-12-6-13-14-9/h6-8H,3-5,11H2,1-2H3,(H,12,13,14). The summed E-state index contributed by atoms with van der Waals surface area (Å²) in [5.41, 5.74) is 6.54. The van der Waals surface area contributed by atoms with E-state index in [0.29, 0.717) is 5.25 Å². The second kappa shape index (κ2) is 4.14. The molecule has 1 saturated carbocycles. The number of aromatic nitrogens is 3. The Hall–Kier alpha value is -0.550. The zero-order valence-corrected chi connectivity index (χ0v) is 10.0. The molecule has 1 aliphatic carbocycles. The quantitative estimate of drug-likeness (QED) is 0.807. The van der Waals surface area contributed by atoms with Crippen LogP contribution in [0.2, 0.25) is 0 Å². The van der Waals surface area contributed by atoms with Gasteiger partial charge in [0.1, 0.15) is 6.33 Å². The number of nitrogens with one attached hydrogen (secondary N) is 1. The zero-order valence-electron chi connectivity index (χ0n) is 9.23. The number of aromatic amines is 1. The minimum atomic E-state index is 0.237. The van der Waals surface area contributed by atoms with E-state index in [4.69, 9.17) is 5.73 Å². The van der Waals surface area contributed by atoms with Crippen molar-refractivity contribution in [3.8, 4) is 0 Å². The minimum absolute atomic E-state index is 0.237. The number of nitrogens with zero attached hydrogens (tertiary/aromatic N) is 2. The predicted octanol–water partition coefficient (Wildman–Crippen LogP) is 1.80. The van der Waals surface area contributed by atoms with Gasteiger partial charge in [0.2, 0.25) is 0 Å². The lowest BCUT2D eigenvalue weighted by Crippen LogP contribution is -2.48. The first kappa shape index (κ1) is 11.0. The maximum atomic E-state index is 6.29. The van der Waals surface area contributed by atoms with Gasteiger partial charge in [-0.25, -0.2) is 4.98 Å². The summed E-state index contributed by atoms with van der Waals surface area (Å²) in [6.45, 7) is 4.51. The van der Waals surface area contributed by atoms with Crippen LogP contribution in [0.15, 0.2) is 11.5 Å². The van der Waals surface area contributed by atoms with Gasteiger partial charge in [-0.15, -0.1) is 0 Å². The van der Waals surface area contributed by atoms with Gasteiger partial charge < -0.3 is 5.73 Å². The highest BCUT2D eigenvalue weighted by Crippen LogP contribution is 2.40. The lowest BCUT2D eigenvalue weighted by atomic mass is 9.73. The Kier molecular flexibility index (Phi) is 3.02. The third-order valence-corrected chi connectivity index (χ3v) is 4.52. The fraction of sp³-hybridized carbons (Fsp3) is 0.800. The number of hydrogen-bond donors (Lipinski definition) is 2. The third kappa shape index (κ3) is 2.34. The van der Waals surface area contributed by atoms with Crippen molar-refractivity contribution in [2.24, 2.45) is 11.1 Å². The van der Waals surface area contributed by atoms with Crippen molar-refractivity contribution in [2.45, 2.75) is 49.6 Å². The van der Waals surface area contributed by atoms with E-state index in [1.54, 1.807) is 18.1 Å². The number of thioether (sulfide) groups is 1. The van der Waals surface area contributed by atoms with Crippen molar-refractivity contribution in [3.05, 3.63) is 6.33 Å². The Labute approximate surface area is 94.4 Å². The average molecular weight is 226 g/mol. The Balaban J connectivity index is 2.03. The first-order chi connectivity index (χ1) is 7.09. The molecule has 3 N–H and O–H groups in total. The molecule has 84 valence electrons. The minimum Gasteiger partial charge on any atom is -0.326 e. The van der Waals surface area contributed by atoms with Gasteiger partial charge >= 0.3 is 0 Å². The average Bonchev–Trinajstić information content (AvgIpc) is 2.65. The molecule has 0 aliphatic heterocycles. The van der Waals surface area contributed by atoms with Gasteiger partial charge in [-0.05, 0) is 18.3 Å². The van der Waals surface area contributed by atoms with Gasteiger partial charge in [0.25, 0.3) is 0 Å². The van der Waals surface area contributed by atoms with Gasteiger partial charge in [-0.1, -0.05) is 32.0 Å². The number of H-pyrrole nitrogens is 1. The molecule has 0 bridgehead atoms. The largest absolute Gasteiger partial charge is 0.326 e. The Morgan fingerprint density at radius 2 is 2.40 bits per heavy atom. The van der Waals surface area contributed by atoms with E-state index in [-0.39, 0.29) is 11.5 Å². The van der Waals surface area contributed by atoms with E-state index < -0.39 is 0 Å². The van der Waals surface area contributed by atoms with E-state index in [1.807, 2.05) is 0 Å². The second-order valence-electron chi connectivity index (χ2n) is 4.85. The molecule has 1 aromatic rings. The van der Waals surface area contributed by atoms with Crippen LogP contribution in [0.1, 0.15) is 33.1 Å². The van der Waals surface area contributed by atoms with Crippen LogP contribution in [0.5, 0.6) is 0 Å². The summed E-state index contributed by atoms with van der Waals surface area (Å²) < 4.78 is 0. The molecule has 2 atom stereocenters. The SMILES string of the molecule is CC1(C)CCCC(Sc2ncn[nH]2)C1N. The van der Waals surface area contributed by atoms with Crippen LogP contribution in [0.25, 0.3) is 0 Å². The van der Waals surface area contributed by atoms with Crippen molar-refractivity contribution in [1.82, 2.24) is 15.2 Å². The topological polar surface area (TPSA) is 67.6 Å². The number of rotatable bonds is 2. The van der Waals surface area contributed by atoms with Crippen molar-refractivity contribution < 1.29 is 0 Å². The van der Waals surface area contributed by atoms with Gasteiger partial charge in [0.15, 0.2) is 5.16 Å². The van der Waals surface area contributed by atoms with E-state index in [0.717, 1.165) is 5.16 Å². The van der Waals surface area contributed by atoms with Crippen molar-refractivity contribution in [1.29, 1.82) is 0 Å². The molecule has 15 heavy (non-hydrogen) atoms. The molecule has 0 saturated heterocycles. The van der Waals surface area contributed by atoms with Crippen LogP contribution in [-0.4, -0.2) is 26.5 Å². The summed E-state index contributed by atoms with van der Waals surface area (Å²) in [7, 11) is 0. The normalized spacial score (nSPS) is 30.3. The molecule has 4 nitrogen and oxygen atoms in total. The lowest BCUT2D eigenvalue weighted by molar-refractivity contribution is 0.208. The molecule has 5 heteroatoms. The molecule has 1 heterocycles. The fourth-order valence-electron chi connectivity index (χ4n) is 2.13. The highest BCUT2D eigenvalue weighted by molar-refractivity contribution is 7.99. The number of nitrogens with two attached hydrogens (primary N) is 1. The van der Waals surface area contributed by atoms with Crippen molar-refractivity contribution in [2.75, 3.05) is 0 Å². The Morgan fingerprint density at radius 3 is 3.07 bits per heavy atom. The monoisotopic (exact) mass is 226 g/mol. The fourth-order valence-corrected chi connectivity index (χ4v) is 3.43. The van der Waals surface area contributed by atoms with Gasteiger partial charge in [0, 0.05) is 11.3 Å². The third-order valence-electron chi connectivity index (χ3n) is 3.27. The molecule has 0 spiro atoms. The van der Waals surface area contributed by atoms with Gasteiger partial charge in [-0.3, -0.25) is 5.10 Å². The van der Waals surface area contributed by atoms with Gasteiger partial charge in [-0.2, -0.15) is 5.10 Å². The van der Waals surface area contributed by atoms with Crippen LogP contribution in [-0.2, 0) is 0 Å². The van der Waals surface area contributed by atoms with E-state index >= 15 is 0 Å². The summed E-state index contributed by atoms with van der Waals surface area (Å²) in [6.07, 6.45) is 5.20. The molecular formula is C10H18N4S. The van der Waals surface area contributed by atoms with E-state index in [9.17, 15) is 0 Å². The van der Waals surface area contributed by atoms with Crippen molar-refractivity contribution >= 4 is 11.8 Å².